The topological polar surface area (TPSA) is 56.2 Å². The van der Waals surface area contributed by atoms with Crippen molar-refractivity contribution in [2.75, 3.05) is 13.2 Å². The summed E-state index contributed by atoms with van der Waals surface area (Å²) in [4.78, 5) is 16.3. The first kappa shape index (κ1) is 19.8. The molecular formula is C27H23N3O2. The average Bonchev–Trinajstić information content (AvgIpc) is 3.48. The van der Waals surface area contributed by atoms with Crippen LogP contribution in [0, 0.1) is 0 Å². The van der Waals surface area contributed by atoms with Gasteiger partial charge in [-0.25, -0.2) is 9.78 Å². The van der Waals surface area contributed by atoms with Gasteiger partial charge in [0.2, 0.25) is 0 Å². The van der Waals surface area contributed by atoms with Gasteiger partial charge in [-0.15, -0.1) is 0 Å². The molecule has 3 aromatic carbocycles. The molecule has 5 nitrogen and oxygen atoms in total. The molecule has 0 atom stereocenters. The highest BCUT2D eigenvalue weighted by Crippen LogP contribution is 2.44. The number of hydrogen-bond donors (Lipinski definition) is 1. The number of carbonyl (C=O) groups excluding carboxylic acids is 1. The van der Waals surface area contributed by atoms with Crippen LogP contribution in [0.15, 0.2) is 97.6 Å². The summed E-state index contributed by atoms with van der Waals surface area (Å²) in [5, 5.41) is 2.80. The number of nitrogens with one attached hydrogen (secondary N) is 1. The van der Waals surface area contributed by atoms with E-state index in [9.17, 15) is 4.79 Å². The number of hydrogen-bond acceptors (Lipinski definition) is 3. The smallest absolute Gasteiger partial charge is 0.407 e. The number of benzene rings is 3. The quantitative estimate of drug-likeness (QED) is 0.452. The van der Waals surface area contributed by atoms with Gasteiger partial charge in [0.05, 0.1) is 6.33 Å². The van der Waals surface area contributed by atoms with Crippen molar-refractivity contribution in [1.82, 2.24) is 14.9 Å². The fourth-order valence-corrected chi connectivity index (χ4v) is 4.16. The molecule has 0 bridgehead atoms. The van der Waals surface area contributed by atoms with Gasteiger partial charge in [0.25, 0.3) is 0 Å². The molecule has 1 aromatic heterocycles. The standard InChI is InChI=1S/C27H23N3O2/c31-27(29-15-5-6-20-11-13-21(14-12-20)30-17-16-28-19-30)32-18-26-24-9-3-1-7-22(24)23-8-2-4-10-25(23)26/h1-14,16-17,19,26H,15,18H2,(H,29,31). The van der Waals surface area contributed by atoms with Crippen molar-refractivity contribution >= 4 is 12.2 Å². The molecule has 4 aromatic rings. The molecule has 1 heterocycles. The maximum absolute atomic E-state index is 12.2. The zero-order valence-corrected chi connectivity index (χ0v) is 17.5. The van der Waals surface area contributed by atoms with E-state index in [1.54, 1.807) is 12.5 Å². The Labute approximate surface area is 187 Å². The van der Waals surface area contributed by atoms with Crippen molar-refractivity contribution in [3.05, 3.63) is 114 Å². The number of alkyl carbamates (subject to hydrolysis) is 1. The first-order chi connectivity index (χ1) is 15.8. The lowest BCUT2D eigenvalue weighted by molar-refractivity contribution is 0.144. The lowest BCUT2D eigenvalue weighted by Gasteiger charge is -2.14. The highest BCUT2D eigenvalue weighted by atomic mass is 16.5. The van der Waals surface area contributed by atoms with Crippen LogP contribution >= 0.6 is 0 Å². The Bertz CT molecular complexity index is 1200. The number of ether oxygens (including phenoxy) is 1. The van der Waals surface area contributed by atoms with Crippen molar-refractivity contribution in [2.45, 2.75) is 5.92 Å². The Kier molecular flexibility index (Phi) is 5.54. The fourth-order valence-electron chi connectivity index (χ4n) is 4.16. The number of nitrogens with zero attached hydrogens (tertiary/aromatic N) is 2. The van der Waals surface area contributed by atoms with Crippen molar-refractivity contribution in [3.8, 4) is 16.8 Å². The Morgan fingerprint density at radius 2 is 1.66 bits per heavy atom. The largest absolute Gasteiger partial charge is 0.449 e. The first-order valence-electron chi connectivity index (χ1n) is 10.6. The van der Waals surface area contributed by atoms with E-state index in [-0.39, 0.29) is 5.92 Å². The van der Waals surface area contributed by atoms with E-state index in [4.69, 9.17) is 4.74 Å². The second kappa shape index (κ2) is 8.94. The maximum atomic E-state index is 12.2. The predicted octanol–water partition coefficient (Wildman–Crippen LogP) is 5.42. The highest BCUT2D eigenvalue weighted by Gasteiger charge is 2.28. The molecule has 0 radical (unpaired) electrons. The molecule has 5 heteroatoms. The van der Waals surface area contributed by atoms with E-state index < -0.39 is 6.09 Å². The minimum absolute atomic E-state index is 0.0673. The van der Waals surface area contributed by atoms with Crippen LogP contribution in [0.1, 0.15) is 22.6 Å². The van der Waals surface area contributed by atoms with Crippen LogP contribution in [-0.2, 0) is 4.74 Å². The minimum atomic E-state index is -0.410. The molecule has 0 unspecified atom stereocenters. The van der Waals surface area contributed by atoms with E-state index in [2.05, 4.69) is 34.6 Å². The van der Waals surface area contributed by atoms with Crippen molar-refractivity contribution in [3.63, 3.8) is 0 Å². The molecule has 32 heavy (non-hydrogen) atoms. The molecule has 1 aliphatic carbocycles. The number of imidazole rings is 1. The van der Waals surface area contributed by atoms with Gasteiger partial charge >= 0.3 is 6.09 Å². The number of rotatable bonds is 6. The Morgan fingerprint density at radius 3 is 2.31 bits per heavy atom. The van der Waals surface area contributed by atoms with Crippen LogP contribution in [0.3, 0.4) is 0 Å². The molecule has 1 N–H and O–H groups in total. The molecule has 1 aliphatic rings. The average molecular weight is 422 g/mol. The van der Waals surface area contributed by atoms with E-state index in [1.165, 1.54) is 22.3 Å². The lowest BCUT2D eigenvalue weighted by Crippen LogP contribution is -2.26. The number of carbonyl (C=O) groups is 1. The van der Waals surface area contributed by atoms with Crippen LogP contribution in [0.25, 0.3) is 22.9 Å². The van der Waals surface area contributed by atoms with Gasteiger partial charge in [-0.1, -0.05) is 72.8 Å². The second-order valence-electron chi connectivity index (χ2n) is 7.67. The van der Waals surface area contributed by atoms with E-state index in [0.29, 0.717) is 13.2 Å². The zero-order valence-electron chi connectivity index (χ0n) is 17.5. The molecule has 0 fully saturated rings. The van der Waals surface area contributed by atoms with Crippen LogP contribution in [-0.4, -0.2) is 28.8 Å². The summed E-state index contributed by atoms with van der Waals surface area (Å²) in [5.74, 6) is 0.0673. The van der Waals surface area contributed by atoms with E-state index >= 15 is 0 Å². The zero-order chi connectivity index (χ0) is 21.8. The van der Waals surface area contributed by atoms with Gasteiger partial charge in [0.1, 0.15) is 6.61 Å². The van der Waals surface area contributed by atoms with Gasteiger partial charge in [0, 0.05) is 30.5 Å². The van der Waals surface area contributed by atoms with Crippen molar-refractivity contribution in [2.24, 2.45) is 0 Å². The molecule has 0 saturated heterocycles. The normalized spacial score (nSPS) is 12.5. The third kappa shape index (κ3) is 4.05. The van der Waals surface area contributed by atoms with Crippen LogP contribution in [0.4, 0.5) is 4.79 Å². The highest BCUT2D eigenvalue weighted by molar-refractivity contribution is 5.79. The molecule has 0 aliphatic heterocycles. The number of fused-ring (bicyclic) bond motifs is 3. The summed E-state index contributed by atoms with van der Waals surface area (Å²) in [5.41, 5.74) is 6.97. The van der Waals surface area contributed by atoms with Crippen molar-refractivity contribution in [1.29, 1.82) is 0 Å². The molecule has 158 valence electrons. The Morgan fingerprint density at radius 1 is 0.969 bits per heavy atom. The van der Waals surface area contributed by atoms with E-state index in [1.807, 2.05) is 71.4 Å². The van der Waals surface area contributed by atoms with Gasteiger partial charge < -0.3 is 14.6 Å². The maximum Gasteiger partial charge on any atom is 0.407 e. The number of aromatic nitrogens is 2. The number of amides is 1. The summed E-state index contributed by atoms with van der Waals surface area (Å²) in [6.45, 7) is 0.721. The van der Waals surface area contributed by atoms with E-state index in [0.717, 1.165) is 11.3 Å². The van der Waals surface area contributed by atoms with Gasteiger partial charge in [0.15, 0.2) is 0 Å². The summed E-state index contributed by atoms with van der Waals surface area (Å²) in [6, 6.07) is 24.7. The second-order valence-corrected chi connectivity index (χ2v) is 7.67. The lowest BCUT2D eigenvalue weighted by atomic mass is 9.98. The molecule has 0 saturated carbocycles. The van der Waals surface area contributed by atoms with Crippen LogP contribution in [0.2, 0.25) is 0 Å². The van der Waals surface area contributed by atoms with Crippen LogP contribution in [0.5, 0.6) is 0 Å². The minimum Gasteiger partial charge on any atom is -0.449 e. The predicted molar refractivity (Wildman–Crippen MR) is 126 cm³/mol. The van der Waals surface area contributed by atoms with Crippen LogP contribution < -0.4 is 5.32 Å². The third-order valence-electron chi connectivity index (χ3n) is 5.71. The summed E-state index contributed by atoms with van der Waals surface area (Å²) in [7, 11) is 0. The molecular weight excluding hydrogens is 398 g/mol. The first-order valence-corrected chi connectivity index (χ1v) is 10.6. The summed E-state index contributed by atoms with van der Waals surface area (Å²) < 4.78 is 7.51. The Hall–Kier alpha value is -4.12. The van der Waals surface area contributed by atoms with Gasteiger partial charge in [-0.2, -0.15) is 0 Å². The molecule has 1 amide bonds. The van der Waals surface area contributed by atoms with Crippen molar-refractivity contribution < 1.29 is 9.53 Å². The van der Waals surface area contributed by atoms with Gasteiger partial charge in [-0.3, -0.25) is 0 Å². The summed E-state index contributed by atoms with van der Waals surface area (Å²) in [6.07, 6.45) is 8.90. The summed E-state index contributed by atoms with van der Waals surface area (Å²) >= 11 is 0. The fraction of sp³-hybridized carbons (Fsp3) is 0.111. The van der Waals surface area contributed by atoms with Gasteiger partial charge in [-0.05, 0) is 39.9 Å². The Balaban J connectivity index is 1.14. The molecule has 0 spiro atoms. The molecule has 5 rings (SSSR count). The monoisotopic (exact) mass is 421 g/mol. The SMILES string of the molecule is O=C(NCC=Cc1ccc(-n2ccnc2)cc1)OCC1c2ccccc2-c2ccccc21. The third-order valence-corrected chi connectivity index (χ3v) is 5.71.